The zero-order chi connectivity index (χ0) is 18.7. The van der Waals surface area contributed by atoms with Crippen molar-refractivity contribution in [2.24, 2.45) is 5.92 Å². The standard InChI is InChI=1S/C18H22N4O4/c1-12(22-18(25)14-5-3-4-6-15(14)19-20-22)17(24)21-9-7-13(8-10-21)11-16(23)26-2/h3-6,12-13H,7-11H2,1-2H3/t12-/m0/s1. The van der Waals surface area contributed by atoms with Crippen molar-refractivity contribution in [2.45, 2.75) is 32.2 Å². The molecule has 26 heavy (non-hydrogen) atoms. The minimum atomic E-state index is -0.725. The van der Waals surface area contributed by atoms with Gasteiger partial charge in [-0.2, -0.15) is 4.68 Å². The molecule has 2 heterocycles. The van der Waals surface area contributed by atoms with Gasteiger partial charge < -0.3 is 9.64 Å². The third-order valence-corrected chi connectivity index (χ3v) is 4.92. The monoisotopic (exact) mass is 358 g/mol. The van der Waals surface area contributed by atoms with Gasteiger partial charge in [0.05, 0.1) is 12.5 Å². The number of carbonyl (C=O) groups is 2. The Kier molecular flexibility index (Phi) is 5.29. The number of hydrogen-bond donors (Lipinski definition) is 0. The van der Waals surface area contributed by atoms with E-state index in [4.69, 9.17) is 4.74 Å². The Morgan fingerprint density at radius 1 is 1.27 bits per heavy atom. The van der Waals surface area contributed by atoms with E-state index in [2.05, 4.69) is 10.3 Å². The average molecular weight is 358 g/mol. The number of esters is 1. The van der Waals surface area contributed by atoms with Crippen LogP contribution in [0.3, 0.4) is 0 Å². The third-order valence-electron chi connectivity index (χ3n) is 4.92. The molecule has 0 aliphatic carbocycles. The molecular weight excluding hydrogens is 336 g/mol. The summed E-state index contributed by atoms with van der Waals surface area (Å²) < 4.78 is 5.84. The predicted molar refractivity (Wildman–Crippen MR) is 94.4 cm³/mol. The van der Waals surface area contributed by atoms with Crippen LogP contribution in [0.15, 0.2) is 29.1 Å². The Bertz CT molecular complexity index is 871. The number of nitrogens with zero attached hydrogens (tertiary/aromatic N) is 4. The molecule has 1 aromatic heterocycles. The first kappa shape index (κ1) is 18.0. The molecule has 1 atom stereocenters. The number of hydrogen-bond acceptors (Lipinski definition) is 6. The van der Waals surface area contributed by atoms with E-state index in [1.165, 1.54) is 7.11 Å². The van der Waals surface area contributed by atoms with Gasteiger partial charge in [0.15, 0.2) is 0 Å². The SMILES string of the molecule is COC(=O)CC1CCN(C(=O)[C@H](C)n2nnc3ccccc3c2=O)CC1. The first-order chi connectivity index (χ1) is 12.5. The van der Waals surface area contributed by atoms with E-state index in [1.807, 2.05) is 0 Å². The summed E-state index contributed by atoms with van der Waals surface area (Å²) in [4.78, 5) is 38.5. The zero-order valence-electron chi connectivity index (χ0n) is 14.9. The van der Waals surface area contributed by atoms with Crippen LogP contribution in [0.1, 0.15) is 32.2 Å². The minimum Gasteiger partial charge on any atom is -0.469 e. The first-order valence-corrected chi connectivity index (χ1v) is 8.71. The van der Waals surface area contributed by atoms with Crippen LogP contribution in [0.4, 0.5) is 0 Å². The van der Waals surface area contributed by atoms with Crippen molar-refractivity contribution in [1.82, 2.24) is 19.9 Å². The van der Waals surface area contributed by atoms with Crippen molar-refractivity contribution in [3.63, 3.8) is 0 Å². The van der Waals surface area contributed by atoms with E-state index in [0.717, 1.165) is 17.5 Å². The molecule has 0 N–H and O–H groups in total. The smallest absolute Gasteiger partial charge is 0.305 e. The van der Waals surface area contributed by atoms with E-state index in [9.17, 15) is 14.4 Å². The summed E-state index contributed by atoms with van der Waals surface area (Å²) in [6, 6.07) is 6.21. The van der Waals surface area contributed by atoms with Crippen LogP contribution < -0.4 is 5.56 Å². The van der Waals surface area contributed by atoms with Crippen molar-refractivity contribution in [3.8, 4) is 0 Å². The van der Waals surface area contributed by atoms with Gasteiger partial charge in [-0.3, -0.25) is 14.4 Å². The lowest BCUT2D eigenvalue weighted by Gasteiger charge is -2.33. The van der Waals surface area contributed by atoms with Crippen molar-refractivity contribution >= 4 is 22.8 Å². The molecule has 3 rings (SSSR count). The van der Waals surface area contributed by atoms with Crippen LogP contribution in [0, 0.1) is 5.92 Å². The molecule has 0 spiro atoms. The van der Waals surface area contributed by atoms with Crippen molar-refractivity contribution < 1.29 is 14.3 Å². The minimum absolute atomic E-state index is 0.159. The highest BCUT2D eigenvalue weighted by atomic mass is 16.5. The topological polar surface area (TPSA) is 94.4 Å². The van der Waals surface area contributed by atoms with E-state index < -0.39 is 6.04 Å². The van der Waals surface area contributed by atoms with Crippen LogP contribution in [-0.4, -0.2) is 52.0 Å². The summed E-state index contributed by atoms with van der Waals surface area (Å²) in [5, 5.41) is 8.41. The molecule has 2 aromatic rings. The molecule has 1 aliphatic heterocycles. The van der Waals surface area contributed by atoms with Gasteiger partial charge in [-0.15, -0.1) is 5.10 Å². The Morgan fingerprint density at radius 3 is 2.65 bits per heavy atom. The molecule has 0 saturated carbocycles. The molecular formula is C18H22N4O4. The van der Waals surface area contributed by atoms with E-state index in [1.54, 1.807) is 36.1 Å². The lowest BCUT2D eigenvalue weighted by atomic mass is 9.93. The largest absolute Gasteiger partial charge is 0.469 e. The van der Waals surface area contributed by atoms with Crippen LogP contribution in [0.5, 0.6) is 0 Å². The molecule has 1 amide bonds. The van der Waals surface area contributed by atoms with E-state index in [0.29, 0.717) is 30.4 Å². The number of ether oxygens (including phenoxy) is 1. The quantitative estimate of drug-likeness (QED) is 0.761. The van der Waals surface area contributed by atoms with Gasteiger partial charge in [-0.1, -0.05) is 17.3 Å². The van der Waals surface area contributed by atoms with Gasteiger partial charge in [0.1, 0.15) is 11.6 Å². The number of amides is 1. The fourth-order valence-electron chi connectivity index (χ4n) is 3.30. The highest BCUT2D eigenvalue weighted by molar-refractivity contribution is 5.81. The zero-order valence-corrected chi connectivity index (χ0v) is 14.9. The number of rotatable bonds is 4. The molecule has 8 heteroatoms. The Hall–Kier alpha value is -2.77. The summed E-state index contributed by atoms with van der Waals surface area (Å²) in [6.45, 7) is 2.77. The van der Waals surface area contributed by atoms with Gasteiger partial charge in [-0.05, 0) is 37.8 Å². The number of aromatic nitrogens is 3. The fourth-order valence-corrected chi connectivity index (χ4v) is 3.30. The second kappa shape index (κ2) is 7.63. The highest BCUT2D eigenvalue weighted by Gasteiger charge is 2.29. The maximum Gasteiger partial charge on any atom is 0.305 e. The van der Waals surface area contributed by atoms with Gasteiger partial charge in [-0.25, -0.2) is 0 Å². The summed E-state index contributed by atoms with van der Waals surface area (Å²) in [5.74, 6) is -0.153. The number of likely N-dealkylation sites (tertiary alicyclic amines) is 1. The molecule has 1 saturated heterocycles. The van der Waals surface area contributed by atoms with Gasteiger partial charge >= 0.3 is 5.97 Å². The number of piperidine rings is 1. The summed E-state index contributed by atoms with van der Waals surface area (Å²) in [7, 11) is 1.38. The molecule has 138 valence electrons. The average Bonchev–Trinajstić information content (AvgIpc) is 2.68. The highest BCUT2D eigenvalue weighted by Crippen LogP contribution is 2.22. The van der Waals surface area contributed by atoms with Crippen molar-refractivity contribution in [3.05, 3.63) is 34.6 Å². The van der Waals surface area contributed by atoms with Gasteiger partial charge in [0, 0.05) is 19.5 Å². The Morgan fingerprint density at radius 2 is 1.96 bits per heavy atom. The number of fused-ring (bicyclic) bond motifs is 1. The number of carbonyl (C=O) groups excluding carboxylic acids is 2. The summed E-state index contributed by atoms with van der Waals surface area (Å²) >= 11 is 0. The normalized spacial score (nSPS) is 16.5. The van der Waals surface area contributed by atoms with Gasteiger partial charge in [0.2, 0.25) is 5.91 Å². The summed E-state index contributed by atoms with van der Waals surface area (Å²) in [6.07, 6.45) is 1.86. The Labute approximate surface area is 150 Å². The third kappa shape index (κ3) is 3.58. The first-order valence-electron chi connectivity index (χ1n) is 8.71. The predicted octanol–water partition coefficient (Wildman–Crippen LogP) is 1.15. The van der Waals surface area contributed by atoms with Crippen LogP contribution in [0.2, 0.25) is 0 Å². The van der Waals surface area contributed by atoms with Crippen molar-refractivity contribution in [1.29, 1.82) is 0 Å². The fraction of sp³-hybridized carbons (Fsp3) is 0.500. The van der Waals surface area contributed by atoms with Crippen molar-refractivity contribution in [2.75, 3.05) is 20.2 Å². The maximum atomic E-state index is 12.8. The molecule has 0 unspecified atom stereocenters. The molecule has 1 aliphatic rings. The number of methoxy groups -OCH3 is 1. The van der Waals surface area contributed by atoms with Gasteiger partial charge in [0.25, 0.3) is 5.56 Å². The second-order valence-electron chi connectivity index (χ2n) is 6.58. The van der Waals surface area contributed by atoms with E-state index in [-0.39, 0.29) is 23.4 Å². The van der Waals surface area contributed by atoms with Crippen LogP contribution in [0.25, 0.3) is 10.9 Å². The second-order valence-corrected chi connectivity index (χ2v) is 6.58. The molecule has 1 fully saturated rings. The maximum absolute atomic E-state index is 12.8. The van der Waals surface area contributed by atoms with Crippen LogP contribution in [-0.2, 0) is 14.3 Å². The number of benzene rings is 1. The molecule has 8 nitrogen and oxygen atoms in total. The summed E-state index contributed by atoms with van der Waals surface area (Å²) in [5.41, 5.74) is 0.189. The molecule has 1 aromatic carbocycles. The lowest BCUT2D eigenvalue weighted by molar-refractivity contribution is -0.142. The lowest BCUT2D eigenvalue weighted by Crippen LogP contribution is -2.44. The Balaban J connectivity index is 1.70. The molecule has 0 bridgehead atoms. The van der Waals surface area contributed by atoms with E-state index >= 15 is 0 Å². The van der Waals surface area contributed by atoms with Crippen LogP contribution >= 0.6 is 0 Å². The molecule has 0 radical (unpaired) electrons.